The van der Waals surface area contributed by atoms with Crippen LogP contribution < -0.4 is 5.32 Å². The topological polar surface area (TPSA) is 31.4 Å². The van der Waals surface area contributed by atoms with Gasteiger partial charge in [0.05, 0.1) is 0 Å². The zero-order chi connectivity index (χ0) is 19.3. The van der Waals surface area contributed by atoms with E-state index < -0.39 is 0 Å². The van der Waals surface area contributed by atoms with E-state index in [1.54, 1.807) is 12.3 Å². The lowest BCUT2D eigenvalue weighted by atomic mass is 10.0. The third-order valence-electron chi connectivity index (χ3n) is 5.54. The lowest BCUT2D eigenvalue weighted by Crippen LogP contribution is -2.47. The molecule has 1 aliphatic heterocycles. The molecule has 1 unspecified atom stereocenters. The minimum atomic E-state index is -0.274. The van der Waals surface area contributed by atoms with E-state index in [0.717, 1.165) is 50.2 Å². The van der Waals surface area contributed by atoms with E-state index in [0.29, 0.717) is 11.6 Å². The zero-order valence-electron chi connectivity index (χ0n) is 16.3. The summed E-state index contributed by atoms with van der Waals surface area (Å²) in [6, 6.07) is 18.2. The average Bonchev–Trinajstić information content (AvgIpc) is 2.73. The lowest BCUT2D eigenvalue weighted by Gasteiger charge is -2.40. The Bertz CT molecular complexity index is 915. The number of nitrogens with zero attached hydrogens (tertiary/aromatic N) is 3. The second-order valence-corrected chi connectivity index (χ2v) is 7.50. The second-order valence-electron chi connectivity index (χ2n) is 7.50. The van der Waals surface area contributed by atoms with Crippen LogP contribution in [0.4, 0.5) is 10.1 Å². The van der Waals surface area contributed by atoms with Crippen molar-refractivity contribution >= 4 is 16.6 Å². The SMILES string of the molecule is CN1CCN(CCCNc2ccnc3c(F)cccc23)C(c2ccccc2)C1. The van der Waals surface area contributed by atoms with Crippen LogP contribution in [0.1, 0.15) is 18.0 Å². The number of nitrogens with one attached hydrogen (secondary N) is 1. The summed E-state index contributed by atoms with van der Waals surface area (Å²) in [5, 5.41) is 4.31. The monoisotopic (exact) mass is 378 g/mol. The van der Waals surface area contributed by atoms with Crippen molar-refractivity contribution in [2.45, 2.75) is 12.5 Å². The van der Waals surface area contributed by atoms with Crippen molar-refractivity contribution in [3.63, 3.8) is 0 Å². The molecule has 3 aromatic rings. The number of aromatic nitrogens is 1. The highest BCUT2D eigenvalue weighted by Crippen LogP contribution is 2.26. The minimum absolute atomic E-state index is 0.274. The first-order valence-electron chi connectivity index (χ1n) is 9.97. The fraction of sp³-hybridized carbons (Fsp3) is 0.348. The fourth-order valence-electron chi connectivity index (χ4n) is 4.02. The van der Waals surface area contributed by atoms with Gasteiger partial charge in [-0.3, -0.25) is 9.88 Å². The van der Waals surface area contributed by atoms with Gasteiger partial charge in [0.1, 0.15) is 11.3 Å². The molecule has 28 heavy (non-hydrogen) atoms. The van der Waals surface area contributed by atoms with Crippen LogP contribution in [-0.2, 0) is 0 Å². The van der Waals surface area contributed by atoms with E-state index in [-0.39, 0.29) is 5.82 Å². The largest absolute Gasteiger partial charge is 0.384 e. The van der Waals surface area contributed by atoms with E-state index in [4.69, 9.17) is 0 Å². The molecule has 5 heteroatoms. The van der Waals surface area contributed by atoms with Gasteiger partial charge in [-0.25, -0.2) is 4.39 Å². The van der Waals surface area contributed by atoms with E-state index in [1.165, 1.54) is 11.6 Å². The zero-order valence-corrected chi connectivity index (χ0v) is 16.3. The Labute approximate surface area is 166 Å². The number of halogens is 1. The molecule has 0 bridgehead atoms. The summed E-state index contributed by atoms with van der Waals surface area (Å²) < 4.78 is 13.9. The first kappa shape index (κ1) is 18.8. The maximum absolute atomic E-state index is 13.9. The molecule has 0 radical (unpaired) electrons. The number of likely N-dealkylation sites (N-methyl/N-ethyl adjacent to an activating group) is 1. The van der Waals surface area contributed by atoms with Crippen molar-refractivity contribution in [3.05, 3.63) is 72.2 Å². The van der Waals surface area contributed by atoms with Gasteiger partial charge in [-0.15, -0.1) is 0 Å². The number of anilines is 1. The number of para-hydroxylation sites is 1. The van der Waals surface area contributed by atoms with Crippen molar-refractivity contribution in [1.82, 2.24) is 14.8 Å². The van der Waals surface area contributed by atoms with Crippen molar-refractivity contribution in [2.75, 3.05) is 45.1 Å². The van der Waals surface area contributed by atoms with Crippen molar-refractivity contribution in [3.8, 4) is 0 Å². The van der Waals surface area contributed by atoms with Crippen LogP contribution in [0.2, 0.25) is 0 Å². The quantitative estimate of drug-likeness (QED) is 0.653. The summed E-state index contributed by atoms with van der Waals surface area (Å²) in [5.41, 5.74) is 2.76. The molecule has 2 aromatic carbocycles. The molecule has 4 nitrogen and oxygen atoms in total. The van der Waals surface area contributed by atoms with Crippen LogP contribution in [0.15, 0.2) is 60.8 Å². The molecule has 1 aromatic heterocycles. The Morgan fingerprint density at radius 3 is 2.79 bits per heavy atom. The molecule has 1 atom stereocenters. The molecule has 2 heterocycles. The Hall–Kier alpha value is -2.50. The molecular formula is C23H27FN4. The molecule has 1 fully saturated rings. The number of hydrogen-bond donors (Lipinski definition) is 1. The van der Waals surface area contributed by atoms with Crippen molar-refractivity contribution in [2.24, 2.45) is 0 Å². The summed E-state index contributed by atoms with van der Waals surface area (Å²) in [4.78, 5) is 9.16. The van der Waals surface area contributed by atoms with Gasteiger partial charge in [0.2, 0.25) is 0 Å². The Balaban J connectivity index is 1.38. The number of hydrogen-bond acceptors (Lipinski definition) is 4. The van der Waals surface area contributed by atoms with E-state index >= 15 is 0 Å². The first-order valence-corrected chi connectivity index (χ1v) is 9.97. The van der Waals surface area contributed by atoms with E-state index in [2.05, 4.69) is 57.5 Å². The molecule has 0 saturated carbocycles. The normalized spacial score (nSPS) is 18.4. The van der Waals surface area contributed by atoms with Gasteiger partial charge in [0.25, 0.3) is 0 Å². The van der Waals surface area contributed by atoms with Crippen LogP contribution in [0.25, 0.3) is 10.9 Å². The van der Waals surface area contributed by atoms with Crippen LogP contribution in [0.5, 0.6) is 0 Å². The molecule has 1 saturated heterocycles. The molecule has 0 aliphatic carbocycles. The van der Waals surface area contributed by atoms with Gasteiger partial charge in [0, 0.05) is 56.0 Å². The molecule has 4 rings (SSSR count). The Kier molecular flexibility index (Phi) is 5.84. The minimum Gasteiger partial charge on any atom is -0.384 e. The van der Waals surface area contributed by atoms with Gasteiger partial charge in [-0.05, 0) is 31.2 Å². The van der Waals surface area contributed by atoms with Crippen LogP contribution in [0, 0.1) is 5.82 Å². The lowest BCUT2D eigenvalue weighted by molar-refractivity contribution is 0.0897. The van der Waals surface area contributed by atoms with Crippen LogP contribution in [-0.4, -0.2) is 54.6 Å². The highest BCUT2D eigenvalue weighted by molar-refractivity contribution is 5.91. The number of pyridine rings is 1. The van der Waals surface area contributed by atoms with Crippen molar-refractivity contribution in [1.29, 1.82) is 0 Å². The maximum atomic E-state index is 13.9. The van der Waals surface area contributed by atoms with Gasteiger partial charge in [0.15, 0.2) is 0 Å². The molecule has 146 valence electrons. The average molecular weight is 378 g/mol. The Morgan fingerprint density at radius 2 is 1.93 bits per heavy atom. The summed E-state index contributed by atoms with van der Waals surface area (Å²) >= 11 is 0. The summed E-state index contributed by atoms with van der Waals surface area (Å²) in [6.07, 6.45) is 2.70. The van der Waals surface area contributed by atoms with Gasteiger partial charge < -0.3 is 10.2 Å². The van der Waals surface area contributed by atoms with E-state index in [9.17, 15) is 4.39 Å². The van der Waals surface area contributed by atoms with Gasteiger partial charge >= 0.3 is 0 Å². The van der Waals surface area contributed by atoms with E-state index in [1.807, 2.05) is 12.1 Å². The second kappa shape index (κ2) is 8.67. The molecule has 1 aliphatic rings. The smallest absolute Gasteiger partial charge is 0.149 e. The molecule has 0 amide bonds. The number of fused-ring (bicyclic) bond motifs is 1. The van der Waals surface area contributed by atoms with Crippen molar-refractivity contribution < 1.29 is 4.39 Å². The fourth-order valence-corrected chi connectivity index (χ4v) is 4.02. The molecule has 0 spiro atoms. The third kappa shape index (κ3) is 4.16. The highest BCUT2D eigenvalue weighted by atomic mass is 19.1. The predicted octanol–water partition coefficient (Wildman–Crippen LogP) is 4.16. The summed E-state index contributed by atoms with van der Waals surface area (Å²) in [7, 11) is 2.20. The number of piperazine rings is 1. The number of benzene rings is 2. The first-order chi connectivity index (χ1) is 13.7. The maximum Gasteiger partial charge on any atom is 0.149 e. The van der Waals surface area contributed by atoms with Crippen LogP contribution >= 0.6 is 0 Å². The van der Waals surface area contributed by atoms with Gasteiger partial charge in [-0.2, -0.15) is 0 Å². The summed E-state index contributed by atoms with van der Waals surface area (Å²) in [5.74, 6) is -0.274. The van der Waals surface area contributed by atoms with Gasteiger partial charge in [-0.1, -0.05) is 42.5 Å². The highest BCUT2D eigenvalue weighted by Gasteiger charge is 2.25. The summed E-state index contributed by atoms with van der Waals surface area (Å²) in [6.45, 7) is 5.14. The predicted molar refractivity (Wildman–Crippen MR) is 113 cm³/mol. The Morgan fingerprint density at radius 1 is 1.07 bits per heavy atom. The standard InChI is InChI=1S/C23H27FN4/c1-27-15-16-28(22(17-27)18-7-3-2-4-8-18)14-6-12-25-21-11-13-26-23-19(21)9-5-10-20(23)24/h2-5,7-11,13,22H,6,12,14-17H2,1H3,(H,25,26). The molecule has 1 N–H and O–H groups in total. The number of rotatable bonds is 6. The van der Waals surface area contributed by atoms with Crippen LogP contribution in [0.3, 0.4) is 0 Å². The third-order valence-corrected chi connectivity index (χ3v) is 5.54. The molecular weight excluding hydrogens is 351 g/mol.